The molecule has 0 bridgehead atoms. The van der Waals surface area contributed by atoms with Crippen LogP contribution in [-0.2, 0) is 11.3 Å². The molecule has 0 aliphatic heterocycles. The van der Waals surface area contributed by atoms with E-state index in [0.717, 1.165) is 25.9 Å². The van der Waals surface area contributed by atoms with Gasteiger partial charge in [-0.1, -0.05) is 18.9 Å². The molecule has 2 N–H and O–H groups in total. The van der Waals surface area contributed by atoms with Crippen molar-refractivity contribution in [3.8, 4) is 0 Å². The summed E-state index contributed by atoms with van der Waals surface area (Å²) in [5, 5.41) is 14.4. The first kappa shape index (κ1) is 14.3. The van der Waals surface area contributed by atoms with Crippen LogP contribution in [0, 0.1) is 5.92 Å². The Kier molecular flexibility index (Phi) is 4.76. The number of nitrogens with zero attached hydrogens (tertiary/aromatic N) is 2. The molecule has 108 valence electrons. The Morgan fingerprint density at radius 2 is 2.16 bits per heavy atom. The number of hydrogen-bond donors (Lipinski definition) is 2. The highest BCUT2D eigenvalue weighted by atomic mass is 16.5. The molecule has 19 heavy (non-hydrogen) atoms. The van der Waals surface area contributed by atoms with Crippen LogP contribution in [0.25, 0.3) is 0 Å². The third-order valence-electron chi connectivity index (χ3n) is 3.56. The van der Waals surface area contributed by atoms with Gasteiger partial charge < -0.3 is 19.8 Å². The summed E-state index contributed by atoms with van der Waals surface area (Å²) in [6, 6.07) is 0.477. The van der Waals surface area contributed by atoms with E-state index in [2.05, 4.69) is 34.7 Å². The molecule has 0 amide bonds. The zero-order chi connectivity index (χ0) is 13.7. The highest BCUT2D eigenvalue weighted by Gasteiger charge is 2.37. The molecular formula is C13H24N4O2. The van der Waals surface area contributed by atoms with Crippen LogP contribution in [0.3, 0.4) is 0 Å². The van der Waals surface area contributed by atoms with E-state index in [9.17, 15) is 0 Å². The van der Waals surface area contributed by atoms with Gasteiger partial charge in [0.05, 0.1) is 12.1 Å². The number of aromatic nitrogens is 2. The van der Waals surface area contributed by atoms with Crippen molar-refractivity contribution < 1.29 is 9.15 Å². The molecule has 0 spiro atoms. The minimum absolute atomic E-state index is 0.0372. The molecule has 6 nitrogen and oxygen atoms in total. The van der Waals surface area contributed by atoms with Crippen LogP contribution in [0.5, 0.6) is 0 Å². The van der Waals surface area contributed by atoms with E-state index in [1.54, 1.807) is 7.11 Å². The van der Waals surface area contributed by atoms with Gasteiger partial charge in [0.1, 0.15) is 0 Å². The molecule has 1 heterocycles. The molecule has 1 aliphatic rings. The Bertz CT molecular complexity index is 382. The quantitative estimate of drug-likeness (QED) is 0.749. The average molecular weight is 268 g/mol. The van der Waals surface area contributed by atoms with Crippen molar-refractivity contribution in [2.45, 2.75) is 45.3 Å². The monoisotopic (exact) mass is 268 g/mol. The standard InChI is InChI=1S/C13H24N4O2/c1-10(2)7-14-8-11-16-17-12(19-11)15-9-13(18-3)5-4-6-13/h10,14H,4-9H2,1-3H3,(H,15,17). The van der Waals surface area contributed by atoms with Crippen molar-refractivity contribution >= 4 is 6.01 Å². The van der Waals surface area contributed by atoms with E-state index >= 15 is 0 Å². The van der Waals surface area contributed by atoms with Gasteiger partial charge in [-0.05, 0) is 31.7 Å². The maximum atomic E-state index is 5.53. The smallest absolute Gasteiger partial charge is 0.315 e. The van der Waals surface area contributed by atoms with Gasteiger partial charge in [0, 0.05) is 13.7 Å². The van der Waals surface area contributed by atoms with Gasteiger partial charge >= 0.3 is 6.01 Å². The summed E-state index contributed by atoms with van der Waals surface area (Å²) >= 11 is 0. The van der Waals surface area contributed by atoms with E-state index in [4.69, 9.17) is 9.15 Å². The fourth-order valence-corrected chi connectivity index (χ4v) is 2.13. The zero-order valence-electron chi connectivity index (χ0n) is 12.0. The van der Waals surface area contributed by atoms with Crippen LogP contribution in [0.4, 0.5) is 6.01 Å². The molecule has 0 saturated heterocycles. The van der Waals surface area contributed by atoms with Gasteiger partial charge in [0.25, 0.3) is 0 Å². The lowest BCUT2D eigenvalue weighted by molar-refractivity contribution is -0.0604. The summed E-state index contributed by atoms with van der Waals surface area (Å²) in [6.45, 7) is 6.61. The summed E-state index contributed by atoms with van der Waals surface area (Å²) in [7, 11) is 1.76. The van der Waals surface area contributed by atoms with E-state index in [-0.39, 0.29) is 5.60 Å². The summed E-state index contributed by atoms with van der Waals surface area (Å²) < 4.78 is 11.1. The van der Waals surface area contributed by atoms with Crippen LogP contribution in [0.1, 0.15) is 39.0 Å². The van der Waals surface area contributed by atoms with E-state index in [0.29, 0.717) is 24.4 Å². The second-order valence-corrected chi connectivity index (χ2v) is 5.62. The molecule has 0 radical (unpaired) electrons. The van der Waals surface area contributed by atoms with Crippen molar-refractivity contribution in [3.63, 3.8) is 0 Å². The first-order valence-electron chi connectivity index (χ1n) is 6.96. The fourth-order valence-electron chi connectivity index (χ4n) is 2.13. The first-order chi connectivity index (χ1) is 9.13. The third-order valence-corrected chi connectivity index (χ3v) is 3.56. The number of nitrogens with one attached hydrogen (secondary N) is 2. The number of ether oxygens (including phenoxy) is 1. The van der Waals surface area contributed by atoms with E-state index in [1.807, 2.05) is 0 Å². The van der Waals surface area contributed by atoms with Crippen LogP contribution in [-0.4, -0.2) is 36.0 Å². The van der Waals surface area contributed by atoms with Crippen molar-refractivity contribution in [1.82, 2.24) is 15.5 Å². The van der Waals surface area contributed by atoms with E-state index < -0.39 is 0 Å². The van der Waals surface area contributed by atoms with Crippen molar-refractivity contribution in [2.75, 3.05) is 25.5 Å². The topological polar surface area (TPSA) is 72.2 Å². The highest BCUT2D eigenvalue weighted by Crippen LogP contribution is 2.34. The zero-order valence-corrected chi connectivity index (χ0v) is 12.0. The number of hydrogen-bond acceptors (Lipinski definition) is 6. The molecule has 1 aromatic heterocycles. The fraction of sp³-hybridized carbons (Fsp3) is 0.846. The molecule has 1 aromatic rings. The summed E-state index contributed by atoms with van der Waals surface area (Å²) in [5.41, 5.74) is -0.0372. The molecule has 0 aromatic carbocycles. The second kappa shape index (κ2) is 6.34. The van der Waals surface area contributed by atoms with Gasteiger partial charge in [-0.15, -0.1) is 5.10 Å². The number of rotatable bonds is 8. The number of methoxy groups -OCH3 is 1. The molecule has 6 heteroatoms. The Morgan fingerprint density at radius 3 is 2.74 bits per heavy atom. The molecular weight excluding hydrogens is 244 g/mol. The minimum Gasteiger partial charge on any atom is -0.407 e. The Labute approximate surface area is 114 Å². The summed E-state index contributed by atoms with van der Waals surface area (Å²) in [6.07, 6.45) is 3.41. The molecule has 1 saturated carbocycles. The van der Waals surface area contributed by atoms with Gasteiger partial charge in [0.15, 0.2) is 0 Å². The number of anilines is 1. The highest BCUT2D eigenvalue weighted by molar-refractivity contribution is 5.19. The van der Waals surface area contributed by atoms with Gasteiger partial charge in [-0.3, -0.25) is 0 Å². The van der Waals surface area contributed by atoms with Gasteiger partial charge in [-0.25, -0.2) is 0 Å². The third kappa shape index (κ3) is 3.91. The maximum Gasteiger partial charge on any atom is 0.315 e. The lowest BCUT2D eigenvalue weighted by Gasteiger charge is -2.40. The molecule has 1 fully saturated rings. The van der Waals surface area contributed by atoms with Crippen LogP contribution in [0.15, 0.2) is 4.42 Å². The van der Waals surface area contributed by atoms with E-state index in [1.165, 1.54) is 6.42 Å². The van der Waals surface area contributed by atoms with Crippen LogP contribution in [0.2, 0.25) is 0 Å². The lowest BCUT2D eigenvalue weighted by atomic mass is 9.80. The summed E-state index contributed by atoms with van der Waals surface area (Å²) in [5.74, 6) is 1.23. The molecule has 2 rings (SSSR count). The predicted octanol–water partition coefficient (Wildman–Crippen LogP) is 1.80. The minimum atomic E-state index is -0.0372. The average Bonchev–Trinajstić information content (AvgIpc) is 2.76. The molecule has 1 aliphatic carbocycles. The largest absolute Gasteiger partial charge is 0.407 e. The van der Waals surface area contributed by atoms with Crippen LogP contribution < -0.4 is 10.6 Å². The van der Waals surface area contributed by atoms with Crippen molar-refractivity contribution in [2.24, 2.45) is 5.92 Å². The first-order valence-corrected chi connectivity index (χ1v) is 6.96. The maximum absolute atomic E-state index is 5.53. The van der Waals surface area contributed by atoms with Gasteiger partial charge in [-0.2, -0.15) is 0 Å². The normalized spacial score (nSPS) is 17.5. The van der Waals surface area contributed by atoms with Gasteiger partial charge in [0.2, 0.25) is 5.89 Å². The van der Waals surface area contributed by atoms with Crippen molar-refractivity contribution in [3.05, 3.63) is 5.89 Å². The predicted molar refractivity (Wildman–Crippen MR) is 72.9 cm³/mol. The SMILES string of the molecule is COC1(CNc2nnc(CNCC(C)C)o2)CCC1. The molecule has 0 unspecified atom stereocenters. The Morgan fingerprint density at radius 1 is 1.37 bits per heavy atom. The molecule has 0 atom stereocenters. The van der Waals surface area contributed by atoms with Crippen molar-refractivity contribution in [1.29, 1.82) is 0 Å². The Balaban J connectivity index is 1.74. The lowest BCUT2D eigenvalue weighted by Crippen LogP contribution is -2.45. The second-order valence-electron chi connectivity index (χ2n) is 5.62. The Hall–Kier alpha value is -1.14. The summed E-state index contributed by atoms with van der Waals surface area (Å²) in [4.78, 5) is 0. The van der Waals surface area contributed by atoms with Crippen LogP contribution >= 0.6 is 0 Å².